The number of aromatic nitrogens is 3. The molecule has 52 heavy (non-hydrogen) atoms. The highest BCUT2D eigenvalue weighted by atomic mass is 15.0. The summed E-state index contributed by atoms with van der Waals surface area (Å²) in [6, 6.07) is 48.8. The van der Waals surface area contributed by atoms with Crippen LogP contribution in [-0.2, 0) is 5.41 Å². The Balaban J connectivity index is 1.05. The van der Waals surface area contributed by atoms with Crippen molar-refractivity contribution in [2.75, 3.05) is 0 Å². The molecular formula is C48H38N4. The van der Waals surface area contributed by atoms with Gasteiger partial charge in [-0.1, -0.05) is 127 Å². The molecule has 0 radical (unpaired) electrons. The summed E-state index contributed by atoms with van der Waals surface area (Å²) in [6.45, 7) is 7.57. The molecule has 0 atom stereocenters. The monoisotopic (exact) mass is 670 g/mol. The Morgan fingerprint density at radius 2 is 1.06 bits per heavy atom. The maximum absolute atomic E-state index is 7.57. The van der Waals surface area contributed by atoms with Crippen LogP contribution in [0.5, 0.6) is 0 Å². The second-order valence-electron chi connectivity index (χ2n) is 15.4. The fraction of sp³-hybridized carbons (Fsp3) is 0.208. The van der Waals surface area contributed by atoms with Gasteiger partial charge in [-0.25, -0.2) is 19.8 Å². The van der Waals surface area contributed by atoms with Gasteiger partial charge in [-0.2, -0.15) is 0 Å². The Morgan fingerprint density at radius 3 is 1.79 bits per heavy atom. The van der Waals surface area contributed by atoms with E-state index in [4.69, 9.17) is 21.5 Å². The van der Waals surface area contributed by atoms with E-state index in [1.807, 2.05) is 36.4 Å². The van der Waals surface area contributed by atoms with E-state index >= 15 is 0 Å². The van der Waals surface area contributed by atoms with E-state index in [1.165, 1.54) is 44.1 Å². The molecule has 1 heterocycles. The van der Waals surface area contributed by atoms with Crippen molar-refractivity contribution >= 4 is 16.5 Å². The summed E-state index contributed by atoms with van der Waals surface area (Å²) in [6.07, 6.45) is 8.50. The number of nitrogens with zero attached hydrogens (tertiary/aromatic N) is 4. The second-order valence-corrected chi connectivity index (χ2v) is 15.4. The lowest BCUT2D eigenvalue weighted by Crippen LogP contribution is -2.48. The lowest BCUT2D eigenvalue weighted by atomic mass is 9.48. The van der Waals surface area contributed by atoms with Gasteiger partial charge in [0, 0.05) is 16.7 Å². The van der Waals surface area contributed by atoms with Crippen LogP contribution in [0.4, 0.5) is 5.69 Å². The van der Waals surface area contributed by atoms with Crippen molar-refractivity contribution in [3.63, 3.8) is 0 Å². The molecule has 11 rings (SSSR count). The van der Waals surface area contributed by atoms with Gasteiger partial charge >= 0.3 is 0 Å². The molecular weight excluding hydrogens is 633 g/mol. The van der Waals surface area contributed by atoms with Gasteiger partial charge in [0.05, 0.1) is 6.57 Å². The van der Waals surface area contributed by atoms with Crippen molar-refractivity contribution < 1.29 is 0 Å². The van der Waals surface area contributed by atoms with Crippen molar-refractivity contribution in [3.05, 3.63) is 157 Å². The molecule has 4 heteroatoms. The molecule has 7 aromatic rings. The van der Waals surface area contributed by atoms with Gasteiger partial charge in [-0.05, 0) is 112 Å². The number of fused-ring (bicyclic) bond motifs is 1. The van der Waals surface area contributed by atoms with Crippen molar-refractivity contribution in [1.82, 2.24) is 15.0 Å². The highest BCUT2D eigenvalue weighted by molar-refractivity contribution is 5.97. The minimum absolute atomic E-state index is 0.378. The summed E-state index contributed by atoms with van der Waals surface area (Å²) in [7, 11) is 0. The van der Waals surface area contributed by atoms with Crippen LogP contribution in [0.25, 0.3) is 72.0 Å². The first-order chi connectivity index (χ1) is 25.6. The lowest BCUT2D eigenvalue weighted by molar-refractivity contribution is -0.00518. The van der Waals surface area contributed by atoms with Crippen molar-refractivity contribution in [2.24, 2.45) is 17.8 Å². The summed E-state index contributed by atoms with van der Waals surface area (Å²) in [5, 5.41) is 2.01. The molecule has 4 aliphatic rings. The number of hydrogen-bond acceptors (Lipinski definition) is 3. The molecule has 4 aliphatic carbocycles. The third-order valence-electron chi connectivity index (χ3n) is 12.1. The highest BCUT2D eigenvalue weighted by Crippen LogP contribution is 2.60. The summed E-state index contributed by atoms with van der Waals surface area (Å²) in [4.78, 5) is 19.1. The summed E-state index contributed by atoms with van der Waals surface area (Å²) < 4.78 is 0. The summed E-state index contributed by atoms with van der Waals surface area (Å²) in [5.74, 6) is 4.72. The van der Waals surface area contributed by atoms with Crippen LogP contribution in [0.2, 0.25) is 0 Å². The highest BCUT2D eigenvalue weighted by Gasteiger charge is 2.51. The first-order valence-electron chi connectivity index (χ1n) is 18.6. The van der Waals surface area contributed by atoms with E-state index in [0.717, 1.165) is 61.9 Å². The summed E-state index contributed by atoms with van der Waals surface area (Å²) >= 11 is 0. The van der Waals surface area contributed by atoms with Gasteiger partial charge in [0.25, 0.3) is 0 Å². The summed E-state index contributed by atoms with van der Waals surface area (Å²) in [5.41, 5.74) is 9.91. The molecule has 0 aliphatic heterocycles. The molecule has 0 amide bonds. The minimum atomic E-state index is 0.378. The van der Waals surface area contributed by atoms with E-state index in [-0.39, 0.29) is 0 Å². The molecule has 4 nitrogen and oxygen atoms in total. The predicted octanol–water partition coefficient (Wildman–Crippen LogP) is 12.4. The van der Waals surface area contributed by atoms with Crippen molar-refractivity contribution in [3.8, 4) is 56.4 Å². The first-order valence-corrected chi connectivity index (χ1v) is 18.6. The van der Waals surface area contributed by atoms with Crippen LogP contribution >= 0.6 is 0 Å². The largest absolute Gasteiger partial charge is 0.238 e. The van der Waals surface area contributed by atoms with Gasteiger partial charge in [0.2, 0.25) is 0 Å². The molecule has 0 spiro atoms. The standard InChI is InChI=1S/C48H38N4/c1-49-44-16-8-12-38-26-37(19-22-42(38)44)36-11-7-13-39(27-36)46-50-45(35-9-3-2-4-10-35)51-47(52-46)43-15-6-5-14-41(43)34-17-20-40(21-18-34)48-28-31-23-32(29-48)25-33(24-31)30-48/h2-22,26-27,31-33H,23-25,28-30H2. The molecule has 0 unspecified atom stereocenters. The normalized spacial score (nSPS) is 21.6. The lowest BCUT2D eigenvalue weighted by Gasteiger charge is -2.57. The Bertz CT molecular complexity index is 2480. The second kappa shape index (κ2) is 12.4. The smallest absolute Gasteiger partial charge is 0.194 e. The number of benzene rings is 6. The van der Waals surface area contributed by atoms with Gasteiger partial charge in [-0.15, -0.1) is 0 Å². The minimum Gasteiger partial charge on any atom is -0.238 e. The van der Waals surface area contributed by atoms with Crippen LogP contribution in [0.1, 0.15) is 44.1 Å². The fourth-order valence-corrected chi connectivity index (χ4v) is 10.1. The molecule has 0 saturated heterocycles. The predicted molar refractivity (Wildman–Crippen MR) is 211 cm³/mol. The van der Waals surface area contributed by atoms with Crippen LogP contribution in [0.15, 0.2) is 140 Å². The Hall–Kier alpha value is -5.92. The topological polar surface area (TPSA) is 43.0 Å². The molecule has 4 bridgehead atoms. The van der Waals surface area contributed by atoms with Gasteiger partial charge in [-0.3, -0.25) is 0 Å². The third-order valence-corrected chi connectivity index (χ3v) is 12.1. The van der Waals surface area contributed by atoms with E-state index < -0.39 is 0 Å². The van der Waals surface area contributed by atoms with Crippen LogP contribution in [-0.4, -0.2) is 15.0 Å². The Morgan fingerprint density at radius 1 is 0.481 bits per heavy atom. The Kier molecular flexibility index (Phi) is 7.35. The molecule has 4 fully saturated rings. The van der Waals surface area contributed by atoms with E-state index in [2.05, 4.69) is 108 Å². The van der Waals surface area contributed by atoms with Crippen LogP contribution in [0, 0.1) is 24.3 Å². The van der Waals surface area contributed by atoms with Gasteiger partial charge in [0.15, 0.2) is 23.2 Å². The zero-order valence-electron chi connectivity index (χ0n) is 29.0. The van der Waals surface area contributed by atoms with Crippen LogP contribution in [0.3, 0.4) is 0 Å². The molecule has 0 N–H and O–H groups in total. The van der Waals surface area contributed by atoms with Crippen molar-refractivity contribution in [1.29, 1.82) is 0 Å². The third kappa shape index (κ3) is 5.40. The quantitative estimate of drug-likeness (QED) is 0.165. The molecule has 6 aromatic carbocycles. The zero-order valence-corrected chi connectivity index (χ0v) is 29.0. The Labute approximate surface area is 305 Å². The molecule has 4 saturated carbocycles. The average Bonchev–Trinajstić information content (AvgIpc) is 3.20. The van der Waals surface area contributed by atoms with E-state index in [1.54, 1.807) is 5.56 Å². The zero-order chi connectivity index (χ0) is 34.6. The first kappa shape index (κ1) is 30.9. The molecule has 1 aromatic heterocycles. The van der Waals surface area contributed by atoms with Crippen molar-refractivity contribution in [2.45, 2.75) is 43.9 Å². The maximum Gasteiger partial charge on any atom is 0.194 e. The van der Waals surface area contributed by atoms with Crippen LogP contribution < -0.4 is 0 Å². The van der Waals surface area contributed by atoms with Gasteiger partial charge in [0.1, 0.15) is 0 Å². The SMILES string of the molecule is [C-]#[N+]c1cccc2cc(-c3cccc(-c4nc(-c5ccccc5)nc(-c5ccccc5-c5ccc(C67CC8CC(CC(C8)C6)C7)cc5)n4)c3)ccc12. The number of rotatable bonds is 6. The maximum atomic E-state index is 7.57. The van der Waals surface area contributed by atoms with E-state index in [0.29, 0.717) is 28.6 Å². The van der Waals surface area contributed by atoms with Gasteiger partial charge < -0.3 is 0 Å². The fourth-order valence-electron chi connectivity index (χ4n) is 10.1. The van der Waals surface area contributed by atoms with E-state index in [9.17, 15) is 0 Å². The molecule has 250 valence electrons. The average molecular weight is 671 g/mol. The number of hydrogen-bond donors (Lipinski definition) is 0.